The normalized spacial score (nSPS) is 11.4. The molecule has 0 radical (unpaired) electrons. The van der Waals surface area contributed by atoms with Gasteiger partial charge in [0.25, 0.3) is 0 Å². The highest BCUT2D eigenvalue weighted by molar-refractivity contribution is 7.96. The quantitative estimate of drug-likeness (QED) is 0.795. The van der Waals surface area contributed by atoms with Gasteiger partial charge in [0, 0.05) is 10.8 Å². The molecular weight excluding hydrogens is 317 g/mol. The predicted molar refractivity (Wildman–Crippen MR) is 73.6 cm³/mol. The Balaban J connectivity index is 2.22. The maximum atomic E-state index is 12.0. The van der Waals surface area contributed by atoms with Gasteiger partial charge in [0.05, 0.1) is 4.90 Å². The Morgan fingerprint density at radius 3 is 2.05 bits per heavy atom. The van der Waals surface area contributed by atoms with Gasteiger partial charge in [0.15, 0.2) is 0 Å². The summed E-state index contributed by atoms with van der Waals surface area (Å²) in [6.45, 7) is 0. The molecule has 0 amide bonds. The lowest BCUT2D eigenvalue weighted by atomic mass is 10.2. The number of alkyl halides is 3. The van der Waals surface area contributed by atoms with E-state index in [1.54, 1.807) is 30.3 Å². The lowest BCUT2D eigenvalue weighted by molar-refractivity contribution is -0.274. The van der Waals surface area contributed by atoms with E-state index in [1.165, 1.54) is 0 Å². The van der Waals surface area contributed by atoms with Gasteiger partial charge in [-0.05, 0) is 42.3 Å². The van der Waals surface area contributed by atoms with Gasteiger partial charge in [-0.2, -0.15) is 0 Å². The van der Waals surface area contributed by atoms with Crippen LogP contribution in [0.1, 0.15) is 5.56 Å². The molecule has 0 spiro atoms. The van der Waals surface area contributed by atoms with E-state index in [2.05, 4.69) is 15.9 Å². The number of benzene rings is 2. The summed E-state index contributed by atoms with van der Waals surface area (Å²) in [6.07, 6.45) is -4.83. The van der Waals surface area contributed by atoms with Gasteiger partial charge in [0.1, 0.15) is 5.75 Å². The molecule has 2 rings (SSSR count). The first kappa shape index (κ1) is 15.9. The monoisotopic (exact) mass is 326 g/mol. The van der Waals surface area contributed by atoms with Gasteiger partial charge in [-0.1, -0.05) is 18.2 Å². The molecule has 0 N–H and O–H groups in total. The van der Waals surface area contributed by atoms with Crippen molar-refractivity contribution in [1.29, 1.82) is 0 Å². The maximum Gasteiger partial charge on any atom is 0.573 e. The minimum absolute atomic E-state index is 0.203. The average Bonchev–Trinajstić information content (AvgIpc) is 2.45. The fourth-order valence-corrected chi connectivity index (χ4v) is 2.39. The van der Waals surface area contributed by atoms with Crippen molar-refractivity contribution in [2.45, 2.75) is 11.3 Å². The summed E-state index contributed by atoms with van der Waals surface area (Å²) < 4.78 is 63.7. The molecule has 2 aromatic carbocycles. The molecule has 114 valence electrons. The van der Waals surface area contributed by atoms with Crippen molar-refractivity contribution >= 4 is 9.84 Å². The van der Waals surface area contributed by atoms with Crippen molar-refractivity contribution in [3.05, 3.63) is 60.2 Å². The number of halogens is 3. The van der Waals surface area contributed by atoms with Crippen molar-refractivity contribution in [3.8, 4) is 16.9 Å². The molecule has 0 aliphatic rings. The molecule has 0 aromatic heterocycles. The second-order valence-electron chi connectivity index (χ2n) is 4.12. The molecule has 7 heteroatoms. The standard InChI is InChI=1S/C15H9F3O3S/c16-15(17,18)21-13-6-8-14(9-7-13)22(19,20)11-10-12-4-2-1-3-5-12/h1-9H. The smallest absolute Gasteiger partial charge is 0.406 e. The highest BCUT2D eigenvalue weighted by Crippen LogP contribution is 2.24. The molecular formula is C15H9F3O3S. The van der Waals surface area contributed by atoms with E-state index in [9.17, 15) is 21.6 Å². The van der Waals surface area contributed by atoms with Gasteiger partial charge >= 0.3 is 6.36 Å². The minimum Gasteiger partial charge on any atom is -0.406 e. The third kappa shape index (κ3) is 4.53. The highest BCUT2D eigenvalue weighted by atomic mass is 32.2. The van der Waals surface area contributed by atoms with E-state index in [1.807, 2.05) is 0 Å². The molecule has 0 unspecified atom stereocenters. The van der Waals surface area contributed by atoms with Crippen LogP contribution in [0.15, 0.2) is 59.5 Å². The summed E-state index contributed by atoms with van der Waals surface area (Å²) in [5, 5.41) is 2.12. The average molecular weight is 326 g/mol. The third-order valence-electron chi connectivity index (χ3n) is 2.47. The SMILES string of the molecule is O=S(=O)(C#Cc1ccccc1)c1ccc(OC(F)(F)F)cc1. The first-order chi connectivity index (χ1) is 10.3. The Labute approximate surface area is 125 Å². The molecule has 0 atom stereocenters. The van der Waals surface area contributed by atoms with Crippen molar-refractivity contribution in [3.63, 3.8) is 0 Å². The molecule has 2 aromatic rings. The molecule has 0 aliphatic heterocycles. The lowest BCUT2D eigenvalue weighted by Gasteiger charge is -2.08. The van der Waals surface area contributed by atoms with Crippen LogP contribution >= 0.6 is 0 Å². The van der Waals surface area contributed by atoms with E-state index in [0.717, 1.165) is 24.3 Å². The number of hydrogen-bond donors (Lipinski definition) is 0. The maximum absolute atomic E-state index is 12.0. The van der Waals surface area contributed by atoms with Crippen LogP contribution in [0.4, 0.5) is 13.2 Å². The second-order valence-corrected chi connectivity index (χ2v) is 5.80. The number of rotatable bonds is 2. The van der Waals surface area contributed by atoms with Gasteiger partial charge in [0.2, 0.25) is 9.84 Å². The van der Waals surface area contributed by atoms with Crippen LogP contribution in [-0.2, 0) is 9.84 Å². The van der Waals surface area contributed by atoms with Crippen LogP contribution in [0.5, 0.6) is 5.75 Å². The van der Waals surface area contributed by atoms with Crippen molar-refractivity contribution in [1.82, 2.24) is 0 Å². The van der Waals surface area contributed by atoms with Gasteiger partial charge < -0.3 is 4.74 Å². The molecule has 0 heterocycles. The number of hydrogen-bond acceptors (Lipinski definition) is 3. The minimum atomic E-state index is -4.83. The Kier molecular flexibility index (Phi) is 4.43. The zero-order valence-electron chi connectivity index (χ0n) is 11.0. The van der Waals surface area contributed by atoms with E-state index in [4.69, 9.17) is 0 Å². The fraction of sp³-hybridized carbons (Fsp3) is 0.0667. The van der Waals surface area contributed by atoms with Crippen molar-refractivity contribution < 1.29 is 26.3 Å². The Morgan fingerprint density at radius 2 is 1.50 bits per heavy atom. The molecule has 0 fully saturated rings. The van der Waals surface area contributed by atoms with Crippen molar-refractivity contribution in [2.75, 3.05) is 0 Å². The molecule has 0 saturated heterocycles. The first-order valence-corrected chi connectivity index (χ1v) is 7.43. The fourth-order valence-electron chi connectivity index (χ4n) is 1.53. The van der Waals surface area contributed by atoms with Crippen LogP contribution in [0.2, 0.25) is 0 Å². The van der Waals surface area contributed by atoms with E-state index >= 15 is 0 Å². The van der Waals surface area contributed by atoms with Crippen LogP contribution in [-0.4, -0.2) is 14.8 Å². The zero-order valence-corrected chi connectivity index (χ0v) is 11.8. The summed E-state index contributed by atoms with van der Waals surface area (Å²) in [5.74, 6) is 1.99. The molecule has 0 bridgehead atoms. The summed E-state index contributed by atoms with van der Waals surface area (Å²) in [7, 11) is -3.92. The summed E-state index contributed by atoms with van der Waals surface area (Å²) in [5.41, 5.74) is 0.517. The lowest BCUT2D eigenvalue weighted by Crippen LogP contribution is -2.17. The Morgan fingerprint density at radius 1 is 0.909 bits per heavy atom. The van der Waals surface area contributed by atoms with E-state index in [0.29, 0.717) is 5.56 Å². The van der Waals surface area contributed by atoms with Gasteiger partial charge in [-0.15, -0.1) is 13.2 Å². The van der Waals surface area contributed by atoms with Crippen LogP contribution < -0.4 is 4.74 Å². The van der Waals surface area contributed by atoms with Crippen LogP contribution in [0.25, 0.3) is 0 Å². The topological polar surface area (TPSA) is 43.4 Å². The number of sulfone groups is 1. The summed E-state index contributed by atoms with van der Waals surface area (Å²) in [4.78, 5) is -0.203. The van der Waals surface area contributed by atoms with Gasteiger partial charge in [-0.3, -0.25) is 0 Å². The Hall–Kier alpha value is -2.46. The molecule has 0 aliphatic carbocycles. The molecule has 3 nitrogen and oxygen atoms in total. The van der Waals surface area contributed by atoms with Gasteiger partial charge in [-0.25, -0.2) is 8.42 Å². The van der Waals surface area contributed by atoms with E-state index < -0.39 is 21.9 Å². The largest absolute Gasteiger partial charge is 0.573 e. The highest BCUT2D eigenvalue weighted by Gasteiger charge is 2.31. The molecule has 22 heavy (non-hydrogen) atoms. The predicted octanol–water partition coefficient (Wildman–Crippen LogP) is 3.37. The van der Waals surface area contributed by atoms with Crippen LogP contribution in [0, 0.1) is 11.2 Å². The molecule has 0 saturated carbocycles. The van der Waals surface area contributed by atoms with E-state index in [-0.39, 0.29) is 4.90 Å². The Bertz CT molecular complexity index is 799. The number of ether oxygens (including phenoxy) is 1. The van der Waals surface area contributed by atoms with Crippen LogP contribution in [0.3, 0.4) is 0 Å². The summed E-state index contributed by atoms with van der Waals surface area (Å²) in [6, 6.07) is 12.3. The zero-order chi connectivity index (χ0) is 16.2. The summed E-state index contributed by atoms with van der Waals surface area (Å²) >= 11 is 0. The third-order valence-corrected chi connectivity index (χ3v) is 3.73. The van der Waals surface area contributed by atoms with Crippen molar-refractivity contribution in [2.24, 2.45) is 0 Å². The second kappa shape index (κ2) is 6.12. The first-order valence-electron chi connectivity index (χ1n) is 5.95.